The van der Waals surface area contributed by atoms with E-state index in [1.54, 1.807) is 36.4 Å². The van der Waals surface area contributed by atoms with Crippen molar-refractivity contribution in [2.24, 2.45) is 0 Å². The lowest BCUT2D eigenvalue weighted by molar-refractivity contribution is 0.0940. The van der Waals surface area contributed by atoms with Gasteiger partial charge in [-0.25, -0.2) is 0 Å². The zero-order valence-corrected chi connectivity index (χ0v) is 13.1. The Morgan fingerprint density at radius 1 is 1.15 bits per heavy atom. The van der Waals surface area contributed by atoms with Gasteiger partial charge in [-0.05, 0) is 48.9 Å². The Morgan fingerprint density at radius 3 is 2.40 bits per heavy atom. The lowest BCUT2D eigenvalue weighted by Gasteiger charge is -2.16. The van der Waals surface area contributed by atoms with Crippen molar-refractivity contribution in [3.8, 4) is 0 Å². The maximum Gasteiger partial charge on any atom is 0.251 e. The molecule has 0 bridgehead atoms. The summed E-state index contributed by atoms with van der Waals surface area (Å²) in [4.78, 5) is 12.9. The van der Waals surface area contributed by atoms with Crippen LogP contribution < -0.4 is 5.32 Å². The van der Waals surface area contributed by atoms with Gasteiger partial charge in [0.2, 0.25) is 0 Å². The molecule has 0 spiro atoms. The number of nitrogens with one attached hydrogen (secondary N) is 1. The van der Waals surface area contributed by atoms with Crippen LogP contribution >= 0.6 is 35.8 Å². The second-order valence-electron chi connectivity index (χ2n) is 4.41. The fourth-order valence-corrected chi connectivity index (χ4v) is 2.54. The molecule has 2 rings (SSSR count). The Hall–Kier alpha value is -1.16. The van der Waals surface area contributed by atoms with Crippen LogP contribution in [0.3, 0.4) is 0 Å². The molecule has 0 aliphatic rings. The summed E-state index contributed by atoms with van der Waals surface area (Å²) in [6.45, 7) is 1.87. The zero-order valence-electron chi connectivity index (χ0n) is 10.7. The Balaban J connectivity index is 2.12. The van der Waals surface area contributed by atoms with Gasteiger partial charge in [0.25, 0.3) is 5.91 Å². The van der Waals surface area contributed by atoms with E-state index in [2.05, 4.69) is 17.9 Å². The molecule has 0 aromatic heterocycles. The Kier molecular flexibility index (Phi) is 4.97. The number of carbonyl (C=O) groups excluding carboxylic acids is 1. The van der Waals surface area contributed by atoms with Crippen molar-refractivity contribution in [3.05, 3.63) is 63.6 Å². The molecular formula is C15H13Cl2NOS. The van der Waals surface area contributed by atoms with Crippen molar-refractivity contribution < 1.29 is 4.79 Å². The first-order chi connectivity index (χ1) is 9.47. The smallest absolute Gasteiger partial charge is 0.251 e. The summed E-state index contributed by atoms with van der Waals surface area (Å²) in [5, 5.41) is 4.01. The third-order valence-corrected chi connectivity index (χ3v) is 3.77. The molecule has 0 saturated heterocycles. The summed E-state index contributed by atoms with van der Waals surface area (Å²) in [6, 6.07) is 12.0. The van der Waals surface area contributed by atoms with E-state index < -0.39 is 0 Å². The molecule has 104 valence electrons. The third-order valence-electron chi connectivity index (χ3n) is 2.91. The van der Waals surface area contributed by atoms with E-state index in [0.717, 1.165) is 10.5 Å². The number of thiol groups is 1. The van der Waals surface area contributed by atoms with E-state index in [4.69, 9.17) is 23.2 Å². The molecule has 1 unspecified atom stereocenters. The lowest BCUT2D eigenvalue weighted by atomic mass is 10.1. The van der Waals surface area contributed by atoms with Crippen molar-refractivity contribution in [2.45, 2.75) is 17.9 Å². The van der Waals surface area contributed by atoms with Gasteiger partial charge in [-0.1, -0.05) is 29.3 Å². The molecule has 0 fully saturated rings. The normalized spacial score (nSPS) is 12.0. The van der Waals surface area contributed by atoms with Crippen LogP contribution in [0.1, 0.15) is 28.9 Å². The molecule has 0 heterocycles. The van der Waals surface area contributed by atoms with E-state index in [1.807, 2.05) is 13.0 Å². The van der Waals surface area contributed by atoms with Crippen LogP contribution in [-0.4, -0.2) is 5.91 Å². The molecule has 1 amide bonds. The van der Waals surface area contributed by atoms with Gasteiger partial charge < -0.3 is 5.32 Å². The molecule has 0 radical (unpaired) electrons. The molecule has 1 atom stereocenters. The first-order valence-electron chi connectivity index (χ1n) is 6.02. The topological polar surface area (TPSA) is 29.1 Å². The Labute approximate surface area is 133 Å². The summed E-state index contributed by atoms with van der Waals surface area (Å²) in [7, 11) is 0. The molecule has 0 aliphatic carbocycles. The number of hydrogen-bond donors (Lipinski definition) is 2. The van der Waals surface area contributed by atoms with Crippen molar-refractivity contribution in [2.75, 3.05) is 0 Å². The third kappa shape index (κ3) is 3.69. The quantitative estimate of drug-likeness (QED) is 0.782. The van der Waals surface area contributed by atoms with Gasteiger partial charge in [-0.15, -0.1) is 12.6 Å². The highest BCUT2D eigenvalue weighted by Gasteiger charge is 2.14. The highest BCUT2D eigenvalue weighted by Crippen LogP contribution is 2.26. The van der Waals surface area contributed by atoms with Gasteiger partial charge in [0, 0.05) is 20.5 Å². The fraction of sp³-hybridized carbons (Fsp3) is 0.133. The highest BCUT2D eigenvalue weighted by molar-refractivity contribution is 7.80. The van der Waals surface area contributed by atoms with Crippen molar-refractivity contribution >= 4 is 41.7 Å². The highest BCUT2D eigenvalue weighted by atomic mass is 35.5. The van der Waals surface area contributed by atoms with Gasteiger partial charge in [-0.3, -0.25) is 4.79 Å². The first-order valence-corrected chi connectivity index (χ1v) is 7.22. The van der Waals surface area contributed by atoms with Crippen LogP contribution in [0.15, 0.2) is 47.4 Å². The van der Waals surface area contributed by atoms with Gasteiger partial charge >= 0.3 is 0 Å². The largest absolute Gasteiger partial charge is 0.345 e. The van der Waals surface area contributed by atoms with Crippen LogP contribution in [0.5, 0.6) is 0 Å². The standard InChI is InChI=1S/C15H13Cl2NOS/c1-9(13-7-4-11(16)8-14(13)17)18-15(19)10-2-5-12(20)6-3-10/h2-9,20H,1H3,(H,18,19). The lowest BCUT2D eigenvalue weighted by Crippen LogP contribution is -2.26. The number of carbonyl (C=O) groups is 1. The molecule has 20 heavy (non-hydrogen) atoms. The summed E-state index contributed by atoms with van der Waals surface area (Å²) < 4.78 is 0. The van der Waals surface area contributed by atoms with E-state index in [-0.39, 0.29) is 11.9 Å². The molecule has 2 nitrogen and oxygen atoms in total. The maximum absolute atomic E-state index is 12.1. The number of hydrogen-bond acceptors (Lipinski definition) is 2. The zero-order chi connectivity index (χ0) is 14.7. The van der Waals surface area contributed by atoms with E-state index in [0.29, 0.717) is 15.6 Å². The van der Waals surface area contributed by atoms with Gasteiger partial charge in [0.15, 0.2) is 0 Å². The minimum absolute atomic E-state index is 0.156. The predicted octanol–water partition coefficient (Wildman–Crippen LogP) is 4.77. The fourth-order valence-electron chi connectivity index (χ4n) is 1.82. The summed E-state index contributed by atoms with van der Waals surface area (Å²) >= 11 is 16.2. The second kappa shape index (κ2) is 6.53. The predicted molar refractivity (Wildman–Crippen MR) is 86.0 cm³/mol. The van der Waals surface area contributed by atoms with Gasteiger partial charge in [0.05, 0.1) is 6.04 Å². The maximum atomic E-state index is 12.1. The van der Waals surface area contributed by atoms with E-state index in [9.17, 15) is 4.79 Å². The summed E-state index contributed by atoms with van der Waals surface area (Å²) in [6.07, 6.45) is 0. The average molecular weight is 326 g/mol. The van der Waals surface area contributed by atoms with Crippen molar-refractivity contribution in [1.29, 1.82) is 0 Å². The monoisotopic (exact) mass is 325 g/mol. The van der Waals surface area contributed by atoms with Crippen molar-refractivity contribution in [1.82, 2.24) is 5.32 Å². The average Bonchev–Trinajstić information content (AvgIpc) is 2.39. The number of halogens is 2. The minimum atomic E-state index is -0.206. The van der Waals surface area contributed by atoms with Gasteiger partial charge in [0.1, 0.15) is 0 Å². The van der Waals surface area contributed by atoms with E-state index in [1.165, 1.54) is 0 Å². The Morgan fingerprint density at radius 2 is 1.80 bits per heavy atom. The molecule has 2 aromatic carbocycles. The van der Waals surface area contributed by atoms with Crippen LogP contribution in [-0.2, 0) is 0 Å². The Bertz CT molecular complexity index is 628. The molecule has 2 aromatic rings. The summed E-state index contributed by atoms with van der Waals surface area (Å²) in [5.74, 6) is -0.156. The molecule has 5 heteroatoms. The SMILES string of the molecule is CC(NC(=O)c1ccc(S)cc1)c1ccc(Cl)cc1Cl. The first kappa shape index (κ1) is 15.2. The minimum Gasteiger partial charge on any atom is -0.345 e. The van der Waals surface area contributed by atoms with Crippen LogP contribution in [0.2, 0.25) is 10.0 Å². The van der Waals surface area contributed by atoms with Crippen LogP contribution in [0.4, 0.5) is 0 Å². The second-order valence-corrected chi connectivity index (χ2v) is 5.77. The van der Waals surface area contributed by atoms with Crippen LogP contribution in [0, 0.1) is 0 Å². The van der Waals surface area contributed by atoms with Gasteiger partial charge in [-0.2, -0.15) is 0 Å². The number of rotatable bonds is 3. The van der Waals surface area contributed by atoms with E-state index >= 15 is 0 Å². The molecule has 1 N–H and O–H groups in total. The molecule has 0 aliphatic heterocycles. The number of benzene rings is 2. The number of amides is 1. The van der Waals surface area contributed by atoms with Crippen LogP contribution in [0.25, 0.3) is 0 Å². The molecule has 0 saturated carbocycles. The summed E-state index contributed by atoms with van der Waals surface area (Å²) in [5.41, 5.74) is 1.41. The molecular weight excluding hydrogens is 313 g/mol. The van der Waals surface area contributed by atoms with Crippen molar-refractivity contribution in [3.63, 3.8) is 0 Å².